The van der Waals surface area contributed by atoms with Crippen LogP contribution in [0.4, 0.5) is 0 Å². The van der Waals surface area contributed by atoms with Gasteiger partial charge in [-0.25, -0.2) is 4.68 Å². The van der Waals surface area contributed by atoms with Crippen LogP contribution in [0.5, 0.6) is 0 Å². The Bertz CT molecular complexity index is 638. The predicted molar refractivity (Wildman–Crippen MR) is 67.1 cm³/mol. The van der Waals surface area contributed by atoms with Crippen molar-refractivity contribution < 1.29 is 14.7 Å². The van der Waals surface area contributed by atoms with Crippen LogP contribution in [0.2, 0.25) is 0 Å². The summed E-state index contributed by atoms with van der Waals surface area (Å²) in [5.41, 5.74) is 0.368. The first-order chi connectivity index (χ1) is 9.12. The number of carbonyl (C=O) groups is 2. The lowest BCUT2D eigenvalue weighted by molar-refractivity contribution is -0.153. The van der Waals surface area contributed by atoms with Crippen LogP contribution >= 0.6 is 0 Å². The third-order valence-corrected chi connectivity index (χ3v) is 3.56. The highest BCUT2D eigenvalue weighted by Gasteiger charge is 2.52. The molecule has 0 saturated heterocycles. The van der Waals surface area contributed by atoms with E-state index in [1.54, 1.807) is 10.9 Å². The minimum atomic E-state index is -1.08. The molecule has 1 heterocycles. The van der Waals surface area contributed by atoms with E-state index in [9.17, 15) is 14.7 Å². The highest BCUT2D eigenvalue weighted by atomic mass is 16.4. The molecule has 2 aromatic rings. The van der Waals surface area contributed by atoms with Gasteiger partial charge in [0.15, 0.2) is 0 Å². The van der Waals surface area contributed by atoms with Crippen molar-refractivity contribution in [3.8, 4) is 5.69 Å². The van der Waals surface area contributed by atoms with Crippen molar-refractivity contribution >= 4 is 11.8 Å². The minimum Gasteiger partial charge on any atom is -0.481 e. The monoisotopic (exact) mass is 256 g/mol. The Morgan fingerprint density at radius 1 is 1.26 bits per heavy atom. The molecule has 1 aliphatic carbocycles. The molecular weight excluding hydrogens is 244 g/mol. The molecule has 1 aliphatic rings. The van der Waals surface area contributed by atoms with Gasteiger partial charge in [-0.05, 0) is 12.1 Å². The van der Waals surface area contributed by atoms with Crippen LogP contribution in [0.25, 0.3) is 5.69 Å². The predicted octanol–water partition coefficient (Wildman–Crippen LogP) is 1.56. The molecule has 5 heteroatoms. The molecule has 0 amide bonds. The number of hydrogen-bond donors (Lipinski definition) is 1. The quantitative estimate of drug-likeness (QED) is 0.904. The van der Waals surface area contributed by atoms with Crippen LogP contribution in [0.1, 0.15) is 18.4 Å². The van der Waals surface area contributed by atoms with E-state index in [4.69, 9.17) is 0 Å². The largest absolute Gasteiger partial charge is 0.481 e. The number of Topliss-reactive ketones (excluding diaryl/α,β-unsaturated/α-hetero) is 1. The molecule has 96 valence electrons. The van der Waals surface area contributed by atoms with Crippen LogP contribution in [0.3, 0.4) is 0 Å². The van der Waals surface area contributed by atoms with Gasteiger partial charge >= 0.3 is 5.97 Å². The fourth-order valence-electron chi connectivity index (χ4n) is 2.39. The third-order valence-electron chi connectivity index (χ3n) is 3.56. The van der Waals surface area contributed by atoms with E-state index < -0.39 is 11.4 Å². The van der Waals surface area contributed by atoms with Gasteiger partial charge in [-0.3, -0.25) is 9.59 Å². The molecule has 3 rings (SSSR count). The van der Waals surface area contributed by atoms with Crippen molar-refractivity contribution in [2.75, 3.05) is 0 Å². The summed E-state index contributed by atoms with van der Waals surface area (Å²) in [4.78, 5) is 22.6. The van der Waals surface area contributed by atoms with E-state index in [0.717, 1.165) is 5.69 Å². The standard InChI is InChI=1S/C14H12N2O3/c17-12-6-14(7-12,13(18)19)10-8-15-16(9-10)11-4-2-1-3-5-11/h1-5,8-9H,6-7H2,(H,18,19). The van der Waals surface area contributed by atoms with Gasteiger partial charge in [-0.15, -0.1) is 0 Å². The molecule has 1 aromatic heterocycles. The summed E-state index contributed by atoms with van der Waals surface area (Å²) in [6.07, 6.45) is 3.34. The molecule has 1 fully saturated rings. The third kappa shape index (κ3) is 1.74. The van der Waals surface area contributed by atoms with Crippen molar-refractivity contribution in [1.82, 2.24) is 9.78 Å². The van der Waals surface area contributed by atoms with Crippen molar-refractivity contribution in [1.29, 1.82) is 0 Å². The van der Waals surface area contributed by atoms with Crippen LogP contribution in [-0.4, -0.2) is 26.6 Å². The number of carboxylic acids is 1. The summed E-state index contributed by atoms with van der Waals surface area (Å²) in [6.45, 7) is 0. The Kier molecular flexibility index (Phi) is 2.48. The van der Waals surface area contributed by atoms with Crippen LogP contribution < -0.4 is 0 Å². The zero-order valence-corrected chi connectivity index (χ0v) is 10.1. The fraction of sp³-hybridized carbons (Fsp3) is 0.214. The van der Waals surface area contributed by atoms with Gasteiger partial charge in [0, 0.05) is 24.6 Å². The number of para-hydroxylation sites is 1. The van der Waals surface area contributed by atoms with Gasteiger partial charge in [0.25, 0.3) is 0 Å². The maximum Gasteiger partial charge on any atom is 0.315 e. The average molecular weight is 256 g/mol. The van der Waals surface area contributed by atoms with Crippen molar-refractivity contribution in [3.63, 3.8) is 0 Å². The Morgan fingerprint density at radius 3 is 2.53 bits per heavy atom. The molecular formula is C14H12N2O3. The van der Waals surface area contributed by atoms with E-state index in [-0.39, 0.29) is 18.6 Å². The number of aliphatic carboxylic acids is 1. The number of carbonyl (C=O) groups excluding carboxylic acids is 1. The van der Waals surface area contributed by atoms with E-state index >= 15 is 0 Å². The Hall–Kier alpha value is -2.43. The van der Waals surface area contributed by atoms with Crippen molar-refractivity contribution in [3.05, 3.63) is 48.3 Å². The lowest BCUT2D eigenvalue weighted by atomic mass is 9.64. The topological polar surface area (TPSA) is 72.2 Å². The second kappa shape index (κ2) is 4.05. The zero-order chi connectivity index (χ0) is 13.5. The number of rotatable bonds is 3. The molecule has 1 N–H and O–H groups in total. The van der Waals surface area contributed by atoms with E-state index in [0.29, 0.717) is 5.56 Å². The number of benzene rings is 1. The SMILES string of the molecule is O=C1CC(C(=O)O)(c2cnn(-c3ccccc3)c2)C1. The molecule has 19 heavy (non-hydrogen) atoms. The Balaban J connectivity index is 1.98. The number of hydrogen-bond acceptors (Lipinski definition) is 3. The van der Waals surface area contributed by atoms with Gasteiger partial charge in [0.05, 0.1) is 11.9 Å². The first kappa shape index (κ1) is 11.6. The highest BCUT2D eigenvalue weighted by molar-refractivity contribution is 6.01. The molecule has 0 atom stereocenters. The van der Waals surface area contributed by atoms with E-state index in [2.05, 4.69) is 5.10 Å². The molecule has 5 nitrogen and oxygen atoms in total. The van der Waals surface area contributed by atoms with Crippen molar-refractivity contribution in [2.24, 2.45) is 0 Å². The molecule has 0 aliphatic heterocycles. The molecule has 0 spiro atoms. The molecule has 0 radical (unpaired) electrons. The van der Waals surface area contributed by atoms with Crippen LogP contribution in [0.15, 0.2) is 42.7 Å². The summed E-state index contributed by atoms with van der Waals surface area (Å²) >= 11 is 0. The Morgan fingerprint density at radius 2 is 1.95 bits per heavy atom. The van der Waals surface area contributed by atoms with E-state index in [1.165, 1.54) is 6.20 Å². The smallest absolute Gasteiger partial charge is 0.315 e. The van der Waals surface area contributed by atoms with Crippen LogP contribution in [0, 0.1) is 0 Å². The lowest BCUT2D eigenvalue weighted by Gasteiger charge is -2.35. The normalized spacial score (nSPS) is 16.9. The summed E-state index contributed by atoms with van der Waals surface area (Å²) < 4.78 is 1.63. The van der Waals surface area contributed by atoms with Gasteiger partial charge in [-0.2, -0.15) is 5.10 Å². The number of carboxylic acid groups (broad SMARTS) is 1. The van der Waals surface area contributed by atoms with Gasteiger partial charge in [-0.1, -0.05) is 18.2 Å². The summed E-state index contributed by atoms with van der Waals surface area (Å²) in [5, 5.41) is 13.5. The van der Waals surface area contributed by atoms with Gasteiger partial charge < -0.3 is 5.11 Å². The van der Waals surface area contributed by atoms with Gasteiger partial charge in [0.1, 0.15) is 11.2 Å². The molecule has 1 aromatic carbocycles. The molecule has 0 unspecified atom stereocenters. The maximum absolute atomic E-state index is 11.4. The zero-order valence-electron chi connectivity index (χ0n) is 10.1. The average Bonchev–Trinajstić information content (AvgIpc) is 2.85. The second-order valence-electron chi connectivity index (χ2n) is 4.79. The molecule has 0 bridgehead atoms. The first-order valence-electron chi connectivity index (χ1n) is 5.97. The highest BCUT2D eigenvalue weighted by Crippen LogP contribution is 2.41. The summed E-state index contributed by atoms with van der Waals surface area (Å²) in [5.74, 6) is -0.977. The summed E-state index contributed by atoms with van der Waals surface area (Å²) in [6, 6.07) is 9.44. The number of aromatic nitrogens is 2. The number of nitrogens with zero attached hydrogens (tertiary/aromatic N) is 2. The van der Waals surface area contributed by atoms with Crippen LogP contribution in [-0.2, 0) is 15.0 Å². The maximum atomic E-state index is 11.4. The Labute approximate surface area is 109 Å². The van der Waals surface area contributed by atoms with Gasteiger partial charge in [0.2, 0.25) is 0 Å². The van der Waals surface area contributed by atoms with Crippen molar-refractivity contribution in [2.45, 2.75) is 18.3 Å². The number of ketones is 1. The van der Waals surface area contributed by atoms with E-state index in [1.807, 2.05) is 30.3 Å². The second-order valence-corrected chi connectivity index (χ2v) is 4.79. The lowest BCUT2D eigenvalue weighted by Crippen LogP contribution is -2.48. The summed E-state index contributed by atoms with van der Waals surface area (Å²) in [7, 11) is 0. The molecule has 1 saturated carbocycles. The first-order valence-corrected chi connectivity index (χ1v) is 5.97. The fourth-order valence-corrected chi connectivity index (χ4v) is 2.39. The minimum absolute atomic E-state index is 0.0186.